The normalized spacial score (nSPS) is 30.2. The van der Waals surface area contributed by atoms with Gasteiger partial charge in [-0.2, -0.15) is 0 Å². The van der Waals surface area contributed by atoms with E-state index in [-0.39, 0.29) is 28.4 Å². The summed E-state index contributed by atoms with van der Waals surface area (Å²) in [6.07, 6.45) is 8.33. The van der Waals surface area contributed by atoms with E-state index in [0.29, 0.717) is 17.3 Å². The third-order valence-electron chi connectivity index (χ3n) is 9.55. The maximum Gasteiger partial charge on any atom is 0.251 e. The van der Waals surface area contributed by atoms with E-state index in [9.17, 15) is 4.79 Å². The number of hydroxylamine groups is 2. The van der Waals surface area contributed by atoms with Gasteiger partial charge in [-0.25, -0.2) is 5.06 Å². The lowest BCUT2D eigenvalue weighted by atomic mass is 9.48. The standard InChI is InChI=1S/C27H51NO3Si/c1-19-14-15-23-26(6,7)16-13-17-27(23,8)21(19)18-22(20(2)24(29)28(9)30-10)31-32(11,12)25(3,4)5/h14,20-23H,13,15-18H2,1-12H3/t20-,21-,22+,23-,27+/m0/s1. The molecule has 0 bridgehead atoms. The maximum absolute atomic E-state index is 13.2. The van der Waals surface area contributed by atoms with Gasteiger partial charge < -0.3 is 4.43 Å². The second-order valence-corrected chi connectivity index (χ2v) is 17.9. The summed E-state index contributed by atoms with van der Waals surface area (Å²) in [5, 5.41) is 1.46. The van der Waals surface area contributed by atoms with Gasteiger partial charge >= 0.3 is 0 Å². The van der Waals surface area contributed by atoms with Crippen LogP contribution in [-0.4, -0.2) is 39.5 Å². The molecule has 0 N–H and O–H groups in total. The van der Waals surface area contributed by atoms with Gasteiger partial charge in [0.1, 0.15) is 0 Å². The first kappa shape index (κ1) is 27.6. The smallest absolute Gasteiger partial charge is 0.251 e. The average molecular weight is 466 g/mol. The molecule has 2 aliphatic carbocycles. The van der Waals surface area contributed by atoms with Crippen LogP contribution >= 0.6 is 0 Å². The van der Waals surface area contributed by atoms with Gasteiger partial charge in [0.15, 0.2) is 8.32 Å². The van der Waals surface area contributed by atoms with E-state index in [1.54, 1.807) is 14.2 Å². The summed E-state index contributed by atoms with van der Waals surface area (Å²) < 4.78 is 7.02. The predicted octanol–water partition coefficient (Wildman–Crippen LogP) is 7.22. The van der Waals surface area contributed by atoms with Crippen molar-refractivity contribution in [3.63, 3.8) is 0 Å². The van der Waals surface area contributed by atoms with Crippen molar-refractivity contribution in [2.45, 2.75) is 112 Å². The Morgan fingerprint density at radius 2 is 1.84 bits per heavy atom. The highest BCUT2D eigenvalue weighted by molar-refractivity contribution is 6.74. The van der Waals surface area contributed by atoms with Crippen LogP contribution in [0.4, 0.5) is 0 Å². The number of allylic oxidation sites excluding steroid dienone is 2. The maximum atomic E-state index is 13.2. The summed E-state index contributed by atoms with van der Waals surface area (Å²) >= 11 is 0. The summed E-state index contributed by atoms with van der Waals surface area (Å²) in [6.45, 7) is 23.2. The van der Waals surface area contributed by atoms with E-state index in [0.717, 1.165) is 6.42 Å². The number of amides is 1. The van der Waals surface area contributed by atoms with E-state index < -0.39 is 8.32 Å². The Balaban J connectivity index is 2.44. The minimum Gasteiger partial charge on any atom is -0.413 e. The minimum absolute atomic E-state index is 0.000622. The second-order valence-electron chi connectivity index (χ2n) is 13.1. The van der Waals surface area contributed by atoms with E-state index >= 15 is 0 Å². The van der Waals surface area contributed by atoms with E-state index in [1.807, 2.05) is 6.92 Å². The van der Waals surface area contributed by atoms with Gasteiger partial charge in [0.2, 0.25) is 0 Å². The number of rotatable bonds is 7. The Morgan fingerprint density at radius 1 is 1.25 bits per heavy atom. The quantitative estimate of drug-likeness (QED) is 0.226. The topological polar surface area (TPSA) is 38.8 Å². The van der Waals surface area contributed by atoms with Gasteiger partial charge in [-0.05, 0) is 73.4 Å². The highest BCUT2D eigenvalue weighted by atomic mass is 28.4. The summed E-state index contributed by atoms with van der Waals surface area (Å²) in [4.78, 5) is 18.4. The number of hydrogen-bond donors (Lipinski definition) is 0. The lowest BCUT2D eigenvalue weighted by Gasteiger charge is -2.57. The third kappa shape index (κ3) is 5.36. The third-order valence-corrected chi connectivity index (χ3v) is 14.1. The molecule has 0 aromatic rings. The molecule has 32 heavy (non-hydrogen) atoms. The molecule has 0 aromatic carbocycles. The van der Waals surface area contributed by atoms with Crippen LogP contribution in [-0.2, 0) is 14.1 Å². The zero-order valence-electron chi connectivity index (χ0n) is 23.1. The molecular formula is C27H51NO3Si. The summed E-state index contributed by atoms with van der Waals surface area (Å²) in [7, 11) is 1.20. The summed E-state index contributed by atoms with van der Waals surface area (Å²) in [6, 6.07) is 0. The minimum atomic E-state index is -2.06. The Bertz CT molecular complexity index is 708. The van der Waals surface area contributed by atoms with Crippen LogP contribution in [0.1, 0.15) is 87.5 Å². The van der Waals surface area contributed by atoms with Gasteiger partial charge in [-0.3, -0.25) is 9.63 Å². The lowest BCUT2D eigenvalue weighted by Crippen LogP contribution is -2.52. The van der Waals surface area contributed by atoms with Crippen molar-refractivity contribution in [2.75, 3.05) is 14.2 Å². The number of hydrogen-bond acceptors (Lipinski definition) is 3. The molecule has 1 fully saturated rings. The van der Waals surface area contributed by atoms with Crippen LogP contribution in [0.5, 0.6) is 0 Å². The van der Waals surface area contributed by atoms with Crippen molar-refractivity contribution in [3.8, 4) is 0 Å². The van der Waals surface area contributed by atoms with Crippen LogP contribution in [0.2, 0.25) is 18.1 Å². The number of fused-ring (bicyclic) bond motifs is 1. The van der Waals surface area contributed by atoms with Crippen molar-refractivity contribution >= 4 is 14.2 Å². The van der Waals surface area contributed by atoms with Crippen LogP contribution in [0.25, 0.3) is 0 Å². The monoisotopic (exact) mass is 465 g/mol. The summed E-state index contributed by atoms with van der Waals surface area (Å²) in [5.41, 5.74) is 2.10. The van der Waals surface area contributed by atoms with Crippen LogP contribution in [0.3, 0.4) is 0 Å². The van der Waals surface area contributed by atoms with E-state index in [1.165, 1.54) is 36.3 Å². The molecule has 0 unspecified atom stereocenters. The van der Waals surface area contributed by atoms with Gasteiger partial charge in [-0.1, -0.05) is 66.5 Å². The van der Waals surface area contributed by atoms with Crippen molar-refractivity contribution in [2.24, 2.45) is 28.6 Å². The fourth-order valence-corrected chi connectivity index (χ4v) is 7.68. The lowest BCUT2D eigenvalue weighted by molar-refractivity contribution is -0.176. The van der Waals surface area contributed by atoms with Crippen LogP contribution in [0, 0.1) is 28.6 Å². The summed E-state index contributed by atoms with van der Waals surface area (Å²) in [5.74, 6) is 0.874. The van der Waals surface area contributed by atoms with Crippen molar-refractivity contribution in [1.82, 2.24) is 5.06 Å². The van der Waals surface area contributed by atoms with Gasteiger partial charge in [0, 0.05) is 7.05 Å². The zero-order valence-corrected chi connectivity index (χ0v) is 24.1. The molecule has 0 spiro atoms. The second kappa shape index (κ2) is 9.54. The molecule has 5 heteroatoms. The molecule has 4 nitrogen and oxygen atoms in total. The van der Waals surface area contributed by atoms with E-state index in [2.05, 4.69) is 67.6 Å². The highest BCUT2D eigenvalue weighted by Gasteiger charge is 2.53. The number of nitrogens with zero attached hydrogens (tertiary/aromatic N) is 1. The zero-order chi connectivity index (χ0) is 24.7. The van der Waals surface area contributed by atoms with Gasteiger partial charge in [-0.15, -0.1) is 0 Å². The predicted molar refractivity (Wildman–Crippen MR) is 137 cm³/mol. The van der Waals surface area contributed by atoms with E-state index in [4.69, 9.17) is 9.26 Å². The van der Waals surface area contributed by atoms with Gasteiger partial charge in [0.25, 0.3) is 5.91 Å². The molecule has 2 aliphatic rings. The first-order chi connectivity index (χ1) is 14.5. The molecule has 0 aliphatic heterocycles. The average Bonchev–Trinajstić information content (AvgIpc) is 2.66. The molecule has 1 saturated carbocycles. The molecule has 0 heterocycles. The SMILES string of the molecule is CON(C)C(=O)[C@@H](C)[C@@H](C[C@H]1C(C)=CC[C@H]2C(C)(C)CCC[C@]12C)O[Si](C)(C)C(C)(C)C. The number of carbonyl (C=O) groups is 1. The van der Waals surface area contributed by atoms with Gasteiger partial charge in [0.05, 0.1) is 19.1 Å². The van der Waals surface area contributed by atoms with Crippen LogP contribution in [0.15, 0.2) is 11.6 Å². The molecule has 5 atom stereocenters. The van der Waals surface area contributed by atoms with Crippen molar-refractivity contribution in [3.05, 3.63) is 11.6 Å². The molecular weight excluding hydrogens is 414 g/mol. The first-order valence-electron chi connectivity index (χ1n) is 12.6. The highest BCUT2D eigenvalue weighted by Crippen LogP contribution is 2.61. The molecule has 0 saturated heterocycles. The van der Waals surface area contributed by atoms with Crippen molar-refractivity contribution in [1.29, 1.82) is 0 Å². The van der Waals surface area contributed by atoms with Crippen molar-refractivity contribution < 1.29 is 14.1 Å². The first-order valence-corrected chi connectivity index (χ1v) is 15.5. The largest absolute Gasteiger partial charge is 0.413 e. The Labute approximate surface area is 199 Å². The van der Waals surface area contributed by atoms with Crippen LogP contribution < -0.4 is 0 Å². The molecule has 186 valence electrons. The fourth-order valence-electron chi connectivity index (χ4n) is 6.27. The Hall–Kier alpha value is -0.653. The molecule has 0 radical (unpaired) electrons. The Morgan fingerprint density at radius 3 is 2.38 bits per heavy atom. The fraction of sp³-hybridized carbons (Fsp3) is 0.889. The molecule has 2 rings (SSSR count). The Kier molecular flexibility index (Phi) is 8.22. The number of carbonyl (C=O) groups excluding carboxylic acids is 1. The molecule has 0 aromatic heterocycles. The molecule has 1 amide bonds.